The third-order valence-corrected chi connectivity index (χ3v) is 5.81. The zero-order valence-electron chi connectivity index (χ0n) is 14.7. The highest BCUT2D eigenvalue weighted by atomic mass is 35.5. The fourth-order valence-electron chi connectivity index (χ4n) is 2.82. The van der Waals surface area contributed by atoms with Gasteiger partial charge in [-0.1, -0.05) is 53.2 Å². The number of halogens is 2. The van der Waals surface area contributed by atoms with Crippen molar-refractivity contribution in [2.75, 3.05) is 0 Å². The van der Waals surface area contributed by atoms with Crippen molar-refractivity contribution in [2.45, 2.75) is 29.6 Å². The molecule has 0 aromatic heterocycles. The molecule has 138 valence electrons. The maximum absolute atomic E-state index is 11.7. The number of rotatable bonds is 6. The number of phenolic OH excluding ortho intramolecular Hbond substituents is 1. The van der Waals surface area contributed by atoms with Crippen LogP contribution in [-0.4, -0.2) is 10.9 Å². The molecule has 3 aromatic rings. The van der Waals surface area contributed by atoms with E-state index in [9.17, 15) is 9.90 Å². The molecule has 0 unspecified atom stereocenters. The molecule has 0 fully saturated rings. The highest BCUT2D eigenvalue weighted by Crippen LogP contribution is 2.33. The van der Waals surface area contributed by atoms with E-state index in [1.807, 2.05) is 36.4 Å². The van der Waals surface area contributed by atoms with Crippen molar-refractivity contribution in [2.24, 2.45) is 0 Å². The van der Waals surface area contributed by atoms with Crippen LogP contribution in [0.3, 0.4) is 0 Å². The molecule has 2 nitrogen and oxygen atoms in total. The summed E-state index contributed by atoms with van der Waals surface area (Å²) in [5, 5.41) is 11.6. The van der Waals surface area contributed by atoms with E-state index in [2.05, 4.69) is 12.1 Å². The largest absolute Gasteiger partial charge is 0.507 e. The van der Waals surface area contributed by atoms with Crippen molar-refractivity contribution in [3.63, 3.8) is 0 Å². The second-order valence-electron chi connectivity index (χ2n) is 6.18. The Kier molecular flexibility index (Phi) is 6.48. The average molecular weight is 417 g/mol. The van der Waals surface area contributed by atoms with Crippen LogP contribution in [0.2, 0.25) is 10.0 Å². The Morgan fingerprint density at radius 1 is 0.926 bits per heavy atom. The molecule has 0 radical (unpaired) electrons. The maximum Gasteiger partial charge on any atom is 0.163 e. The fourth-order valence-corrected chi connectivity index (χ4v) is 4.16. The molecule has 0 aliphatic carbocycles. The first-order chi connectivity index (χ1) is 12.9. The zero-order valence-corrected chi connectivity index (χ0v) is 17.0. The molecule has 0 atom stereocenters. The van der Waals surface area contributed by atoms with Gasteiger partial charge in [-0.3, -0.25) is 4.79 Å². The van der Waals surface area contributed by atoms with Crippen LogP contribution in [-0.2, 0) is 12.8 Å². The van der Waals surface area contributed by atoms with E-state index in [4.69, 9.17) is 23.2 Å². The Bertz CT molecular complexity index is 969. The number of ketones is 1. The van der Waals surface area contributed by atoms with E-state index in [0.717, 1.165) is 16.2 Å². The number of carbonyl (C=O) groups excluding carboxylic acids is 1. The second kappa shape index (κ2) is 8.83. The lowest BCUT2D eigenvalue weighted by atomic mass is 10.00. The maximum atomic E-state index is 11.7. The minimum Gasteiger partial charge on any atom is -0.507 e. The lowest BCUT2D eigenvalue weighted by Gasteiger charge is -2.12. The van der Waals surface area contributed by atoms with Gasteiger partial charge < -0.3 is 5.11 Å². The smallest absolute Gasteiger partial charge is 0.163 e. The monoisotopic (exact) mass is 416 g/mol. The summed E-state index contributed by atoms with van der Waals surface area (Å²) in [6, 6.07) is 19.1. The SMILES string of the molecule is CC(=O)c1cc(Cl)cc(CCc2ccccc2Sc2ccc(Cl)cc2)c1O. The molecule has 0 aliphatic rings. The third-order valence-electron chi connectivity index (χ3n) is 4.21. The number of hydrogen-bond donors (Lipinski definition) is 1. The highest BCUT2D eigenvalue weighted by molar-refractivity contribution is 7.99. The summed E-state index contributed by atoms with van der Waals surface area (Å²) in [6.07, 6.45) is 1.31. The molecule has 0 aliphatic heterocycles. The van der Waals surface area contributed by atoms with Gasteiger partial charge >= 0.3 is 0 Å². The van der Waals surface area contributed by atoms with Gasteiger partial charge in [0.2, 0.25) is 0 Å². The molecule has 27 heavy (non-hydrogen) atoms. The van der Waals surface area contributed by atoms with Crippen molar-refractivity contribution >= 4 is 40.7 Å². The molecule has 3 rings (SSSR count). The first-order valence-electron chi connectivity index (χ1n) is 8.47. The van der Waals surface area contributed by atoms with Gasteiger partial charge in [-0.25, -0.2) is 0 Å². The van der Waals surface area contributed by atoms with E-state index < -0.39 is 0 Å². The first-order valence-corrected chi connectivity index (χ1v) is 10.0. The summed E-state index contributed by atoms with van der Waals surface area (Å²) in [7, 11) is 0. The normalized spacial score (nSPS) is 10.8. The van der Waals surface area contributed by atoms with Crippen molar-refractivity contribution in [3.8, 4) is 5.75 Å². The van der Waals surface area contributed by atoms with E-state index in [1.54, 1.807) is 17.8 Å². The molecular formula is C22H18Cl2O2S. The van der Waals surface area contributed by atoms with Crippen molar-refractivity contribution in [3.05, 3.63) is 87.4 Å². The molecule has 0 bridgehead atoms. The topological polar surface area (TPSA) is 37.3 Å². The van der Waals surface area contributed by atoms with Gasteiger partial charge in [-0.15, -0.1) is 0 Å². The lowest BCUT2D eigenvalue weighted by Crippen LogP contribution is -1.99. The number of aromatic hydroxyl groups is 1. The van der Waals surface area contributed by atoms with Gasteiger partial charge in [-0.2, -0.15) is 0 Å². The van der Waals surface area contributed by atoms with Gasteiger partial charge in [0.15, 0.2) is 5.78 Å². The standard InChI is InChI=1S/C22H18Cl2O2S/c1-14(25)20-13-18(24)12-16(22(20)26)7-6-15-4-2-3-5-21(15)27-19-10-8-17(23)9-11-19/h2-5,8-13,26H,6-7H2,1H3. The average Bonchev–Trinajstić information content (AvgIpc) is 2.65. The summed E-state index contributed by atoms with van der Waals surface area (Å²) >= 11 is 13.8. The van der Waals surface area contributed by atoms with Crippen LogP contribution >= 0.6 is 35.0 Å². The van der Waals surface area contributed by atoms with Crippen molar-refractivity contribution in [1.82, 2.24) is 0 Å². The second-order valence-corrected chi connectivity index (χ2v) is 8.17. The Morgan fingerprint density at radius 2 is 1.59 bits per heavy atom. The molecule has 0 saturated heterocycles. The summed E-state index contributed by atoms with van der Waals surface area (Å²) in [6.45, 7) is 1.42. The number of Topliss-reactive ketones (excluding diaryl/α,β-unsaturated/α-hetero) is 1. The Morgan fingerprint density at radius 3 is 2.30 bits per heavy atom. The quantitative estimate of drug-likeness (QED) is 0.446. The summed E-state index contributed by atoms with van der Waals surface area (Å²) in [4.78, 5) is 13.9. The molecule has 0 spiro atoms. The number of hydrogen-bond acceptors (Lipinski definition) is 3. The van der Waals surface area contributed by atoms with Crippen LogP contribution < -0.4 is 0 Å². The zero-order chi connectivity index (χ0) is 19.4. The van der Waals surface area contributed by atoms with Crippen LogP contribution in [0.4, 0.5) is 0 Å². The predicted molar refractivity (Wildman–Crippen MR) is 113 cm³/mol. The Labute approximate surface area is 173 Å². The van der Waals surface area contributed by atoms with E-state index in [1.165, 1.54) is 18.6 Å². The Balaban J connectivity index is 1.81. The minimum absolute atomic E-state index is 0.0229. The molecule has 5 heteroatoms. The first kappa shape index (κ1) is 19.8. The van der Waals surface area contributed by atoms with Crippen LogP contribution in [0.5, 0.6) is 5.75 Å². The van der Waals surface area contributed by atoms with Gasteiger partial charge in [0.05, 0.1) is 5.56 Å². The predicted octanol–water partition coefficient (Wildman–Crippen LogP) is 6.84. The summed E-state index contributed by atoms with van der Waals surface area (Å²) in [5.41, 5.74) is 2.11. The van der Waals surface area contributed by atoms with Gasteiger partial charge in [0.25, 0.3) is 0 Å². The Hall–Kier alpha value is -1.94. The van der Waals surface area contributed by atoms with Crippen LogP contribution in [0.1, 0.15) is 28.4 Å². The highest BCUT2D eigenvalue weighted by Gasteiger charge is 2.14. The third kappa shape index (κ3) is 5.07. The van der Waals surface area contributed by atoms with E-state index in [0.29, 0.717) is 22.0 Å². The molecule has 3 aromatic carbocycles. The van der Waals surface area contributed by atoms with Gasteiger partial charge in [0.1, 0.15) is 5.75 Å². The molecule has 0 saturated carbocycles. The van der Waals surface area contributed by atoms with Crippen LogP contribution in [0.15, 0.2) is 70.5 Å². The van der Waals surface area contributed by atoms with Crippen LogP contribution in [0, 0.1) is 0 Å². The van der Waals surface area contributed by atoms with E-state index >= 15 is 0 Å². The van der Waals surface area contributed by atoms with Crippen molar-refractivity contribution in [1.29, 1.82) is 0 Å². The number of aryl methyl sites for hydroxylation is 2. The molecule has 1 N–H and O–H groups in total. The lowest BCUT2D eigenvalue weighted by molar-refractivity contribution is 0.101. The molecular weight excluding hydrogens is 399 g/mol. The number of carbonyl (C=O) groups is 1. The summed E-state index contributed by atoms with van der Waals surface area (Å²) in [5.74, 6) is -0.176. The fraction of sp³-hybridized carbons (Fsp3) is 0.136. The minimum atomic E-state index is -0.199. The number of benzene rings is 3. The van der Waals surface area contributed by atoms with Gasteiger partial charge in [0, 0.05) is 19.8 Å². The number of phenols is 1. The summed E-state index contributed by atoms with van der Waals surface area (Å²) < 4.78 is 0. The van der Waals surface area contributed by atoms with Crippen molar-refractivity contribution < 1.29 is 9.90 Å². The van der Waals surface area contributed by atoms with E-state index in [-0.39, 0.29) is 17.1 Å². The van der Waals surface area contributed by atoms with Gasteiger partial charge in [-0.05, 0) is 73.4 Å². The van der Waals surface area contributed by atoms with Crippen LogP contribution in [0.25, 0.3) is 0 Å². The molecule has 0 amide bonds. The molecule has 0 heterocycles.